The lowest BCUT2D eigenvalue weighted by molar-refractivity contribution is -0.265. The van der Waals surface area contributed by atoms with Crippen LogP contribution in [0.5, 0.6) is 0 Å². The Hall–Kier alpha value is -0.320. The molecule has 0 rings (SSSR count). The highest BCUT2D eigenvalue weighted by atomic mass is 16.4. The van der Waals surface area contributed by atoms with Gasteiger partial charge < -0.3 is 25.5 Å². The van der Waals surface area contributed by atoms with E-state index < -0.39 is 28.6 Å². The molecule has 0 amide bonds. The molecule has 0 atom stereocenters. The molecule has 0 unspecified atom stereocenters. The molecule has 0 heterocycles. The Morgan fingerprint density at radius 3 is 0.760 bits per heavy atom. The van der Waals surface area contributed by atoms with Gasteiger partial charge in [-0.05, 0) is 69.2 Å². The van der Waals surface area contributed by atoms with E-state index in [0.717, 1.165) is 0 Å². The average molecular weight is 366 g/mol. The van der Waals surface area contributed by atoms with E-state index >= 15 is 0 Å². The van der Waals surface area contributed by atoms with Gasteiger partial charge in [-0.2, -0.15) is 0 Å². The first kappa shape index (κ1) is 24.7. The van der Waals surface area contributed by atoms with Crippen molar-refractivity contribution in [1.82, 2.24) is 14.7 Å². The van der Waals surface area contributed by atoms with E-state index in [4.69, 9.17) is 0 Å². The van der Waals surface area contributed by atoms with Crippen molar-refractivity contribution in [3.05, 3.63) is 0 Å². The molecule has 5 N–H and O–H groups in total. The van der Waals surface area contributed by atoms with Crippen molar-refractivity contribution < 1.29 is 25.5 Å². The van der Waals surface area contributed by atoms with Crippen LogP contribution in [0.15, 0.2) is 0 Å². The van der Waals surface area contributed by atoms with Crippen LogP contribution < -0.4 is 0 Å². The number of rotatable bonds is 9. The molecule has 8 heteroatoms. The summed E-state index contributed by atoms with van der Waals surface area (Å²) < 4.78 is 0. The highest BCUT2D eigenvalue weighted by Gasteiger charge is 2.42. The number of hydrogen-bond donors (Lipinski definition) is 5. The predicted octanol–water partition coefficient (Wildman–Crippen LogP) is 0.449. The Morgan fingerprint density at radius 2 is 0.640 bits per heavy atom. The molecular formula is C17H39N3O5. The van der Waals surface area contributed by atoms with Gasteiger partial charge >= 0.3 is 0 Å². The molecule has 0 aromatic heterocycles. The van der Waals surface area contributed by atoms with Crippen LogP contribution in [0.3, 0.4) is 0 Å². The van der Waals surface area contributed by atoms with Gasteiger partial charge in [0.1, 0.15) is 28.6 Å². The molecule has 25 heavy (non-hydrogen) atoms. The van der Waals surface area contributed by atoms with Gasteiger partial charge in [0.15, 0.2) is 0 Å². The normalized spacial score (nSPS) is 15.6. The van der Waals surface area contributed by atoms with Crippen molar-refractivity contribution in [3.63, 3.8) is 0 Å². The Morgan fingerprint density at radius 1 is 0.440 bits per heavy atom. The second kappa shape index (κ2) is 7.36. The Bertz CT molecular complexity index is 360. The minimum Gasteiger partial charge on any atom is -0.376 e. The van der Waals surface area contributed by atoms with Gasteiger partial charge in [-0.25, -0.2) is 14.7 Å². The van der Waals surface area contributed by atoms with Crippen molar-refractivity contribution in [2.75, 3.05) is 13.3 Å². The largest absolute Gasteiger partial charge is 0.376 e. The summed E-state index contributed by atoms with van der Waals surface area (Å²) in [6.07, 6.45) is 0. The van der Waals surface area contributed by atoms with Crippen molar-refractivity contribution in [2.24, 2.45) is 0 Å². The summed E-state index contributed by atoms with van der Waals surface area (Å²) in [6, 6.07) is 0. The summed E-state index contributed by atoms with van der Waals surface area (Å²) in [5, 5.41) is 52.3. The van der Waals surface area contributed by atoms with Crippen LogP contribution in [0.25, 0.3) is 0 Å². The van der Waals surface area contributed by atoms with Gasteiger partial charge in [0.05, 0.1) is 13.3 Å². The molecule has 0 aromatic rings. The monoisotopic (exact) mass is 365 g/mol. The molecule has 0 saturated carbocycles. The Balaban J connectivity index is 5.82. The third kappa shape index (κ3) is 7.84. The lowest BCUT2D eigenvalue weighted by Crippen LogP contribution is -2.66. The molecule has 0 saturated heterocycles. The summed E-state index contributed by atoms with van der Waals surface area (Å²) >= 11 is 0. The van der Waals surface area contributed by atoms with Gasteiger partial charge in [-0.1, -0.05) is 0 Å². The highest BCUT2D eigenvalue weighted by Crippen LogP contribution is 2.27. The summed E-state index contributed by atoms with van der Waals surface area (Å²) in [5.41, 5.74) is -6.80. The van der Waals surface area contributed by atoms with Gasteiger partial charge in [0.2, 0.25) is 0 Å². The maximum Gasteiger partial charge on any atom is 0.116 e. The van der Waals surface area contributed by atoms with Crippen LogP contribution in [0, 0.1) is 0 Å². The molecule has 0 aromatic carbocycles. The molecular weight excluding hydrogens is 326 g/mol. The minimum absolute atomic E-state index is 0.0147. The van der Waals surface area contributed by atoms with Crippen molar-refractivity contribution >= 4 is 0 Å². The van der Waals surface area contributed by atoms with E-state index in [0.29, 0.717) is 0 Å². The Kier molecular flexibility index (Phi) is 7.27. The first-order valence-corrected chi connectivity index (χ1v) is 8.50. The summed E-state index contributed by atoms with van der Waals surface area (Å²) in [7, 11) is 0. The van der Waals surface area contributed by atoms with Crippen LogP contribution in [0.4, 0.5) is 0 Å². The van der Waals surface area contributed by atoms with E-state index in [9.17, 15) is 25.5 Å². The molecule has 152 valence electrons. The zero-order chi connectivity index (χ0) is 20.6. The number of hydrogen-bond acceptors (Lipinski definition) is 8. The van der Waals surface area contributed by atoms with Crippen LogP contribution >= 0.6 is 0 Å². The van der Waals surface area contributed by atoms with Crippen LogP contribution in [0.1, 0.15) is 69.2 Å². The average Bonchev–Trinajstić information content (AvgIpc) is 2.18. The van der Waals surface area contributed by atoms with Gasteiger partial charge in [-0.3, -0.25) is 0 Å². The third-order valence-electron chi connectivity index (χ3n) is 4.04. The van der Waals surface area contributed by atoms with Gasteiger partial charge in [0.25, 0.3) is 0 Å². The SMILES string of the molecule is CC(C)(O)N(CN(C(C)(C)O)C(C)(C)O)CN(C(C)(C)O)C(C)(C)O. The predicted molar refractivity (Wildman–Crippen MR) is 96.7 cm³/mol. The summed E-state index contributed by atoms with van der Waals surface area (Å²) in [6.45, 7) is 15.4. The van der Waals surface area contributed by atoms with E-state index in [-0.39, 0.29) is 13.3 Å². The molecule has 0 spiro atoms. The smallest absolute Gasteiger partial charge is 0.116 e. The minimum atomic E-state index is -1.37. The second-order valence-electron chi connectivity index (χ2n) is 9.15. The maximum absolute atomic E-state index is 10.6. The molecule has 0 bridgehead atoms. The molecule has 0 aliphatic heterocycles. The molecule has 8 nitrogen and oxygen atoms in total. The quantitative estimate of drug-likeness (QED) is 0.375. The van der Waals surface area contributed by atoms with E-state index in [2.05, 4.69) is 0 Å². The zero-order valence-corrected chi connectivity index (χ0v) is 17.5. The number of aliphatic hydroxyl groups is 5. The first-order chi connectivity index (χ1) is 10.6. The van der Waals surface area contributed by atoms with Crippen molar-refractivity contribution in [2.45, 2.75) is 97.9 Å². The maximum atomic E-state index is 10.6. The van der Waals surface area contributed by atoms with Crippen molar-refractivity contribution in [1.29, 1.82) is 0 Å². The molecule has 0 radical (unpaired) electrons. The third-order valence-corrected chi connectivity index (χ3v) is 4.04. The summed E-state index contributed by atoms with van der Waals surface area (Å²) in [4.78, 5) is 4.36. The fraction of sp³-hybridized carbons (Fsp3) is 1.00. The van der Waals surface area contributed by atoms with E-state index in [1.165, 1.54) is 65.2 Å². The number of nitrogens with zero attached hydrogens (tertiary/aromatic N) is 3. The van der Waals surface area contributed by atoms with E-state index in [1.54, 1.807) is 18.7 Å². The molecule has 0 aliphatic carbocycles. The molecule has 0 aliphatic rings. The first-order valence-electron chi connectivity index (χ1n) is 8.50. The van der Waals surface area contributed by atoms with Crippen LogP contribution in [0.2, 0.25) is 0 Å². The summed E-state index contributed by atoms with van der Waals surface area (Å²) in [5.74, 6) is 0. The standard InChI is InChI=1S/C17H39N3O5/c1-13(2,21)18(11-19(14(3,4)22)15(5,6)23)12-20(16(7,8)24)17(9,10)25/h21-25H,11-12H2,1-10H3. The Labute approximate surface area is 152 Å². The van der Waals surface area contributed by atoms with Crippen LogP contribution in [-0.2, 0) is 0 Å². The topological polar surface area (TPSA) is 111 Å². The van der Waals surface area contributed by atoms with Gasteiger partial charge in [-0.15, -0.1) is 0 Å². The van der Waals surface area contributed by atoms with Crippen molar-refractivity contribution in [3.8, 4) is 0 Å². The second-order valence-corrected chi connectivity index (χ2v) is 9.15. The van der Waals surface area contributed by atoms with E-state index in [1.807, 2.05) is 0 Å². The van der Waals surface area contributed by atoms with Gasteiger partial charge in [0, 0.05) is 0 Å². The zero-order valence-electron chi connectivity index (χ0n) is 17.5. The lowest BCUT2D eigenvalue weighted by atomic mass is 10.1. The fourth-order valence-electron chi connectivity index (χ4n) is 2.76. The lowest BCUT2D eigenvalue weighted by Gasteiger charge is -2.51. The highest BCUT2D eigenvalue weighted by molar-refractivity contribution is 4.84. The van der Waals surface area contributed by atoms with Crippen LogP contribution in [-0.4, -0.2) is 82.2 Å². The fourth-order valence-corrected chi connectivity index (χ4v) is 2.76. The molecule has 0 fully saturated rings.